The van der Waals surface area contributed by atoms with Crippen molar-refractivity contribution in [2.75, 3.05) is 14.2 Å². The molecule has 7 nitrogen and oxygen atoms in total. The average molecular weight is 410 g/mol. The number of rotatable bonds is 6. The Morgan fingerprint density at radius 3 is 2.30 bits per heavy atom. The van der Waals surface area contributed by atoms with Gasteiger partial charge in [-0.1, -0.05) is 26.8 Å². The van der Waals surface area contributed by atoms with E-state index in [0.29, 0.717) is 35.6 Å². The molecule has 0 amide bonds. The van der Waals surface area contributed by atoms with E-state index in [2.05, 4.69) is 27.0 Å². The van der Waals surface area contributed by atoms with Crippen LogP contribution in [0.25, 0.3) is 5.82 Å². The highest BCUT2D eigenvalue weighted by Gasteiger charge is 2.35. The van der Waals surface area contributed by atoms with Crippen molar-refractivity contribution >= 4 is 0 Å². The summed E-state index contributed by atoms with van der Waals surface area (Å²) < 4.78 is 12.6. The maximum Gasteiger partial charge on any atom is 0.161 e. The summed E-state index contributed by atoms with van der Waals surface area (Å²) in [5.74, 6) is 5.70. The zero-order valence-corrected chi connectivity index (χ0v) is 18.9. The molecular formula is C23H31N5O2. The molecular weight excluding hydrogens is 378 g/mol. The van der Waals surface area contributed by atoms with Crippen molar-refractivity contribution in [3.05, 3.63) is 53.0 Å². The molecule has 1 aromatic carbocycles. The van der Waals surface area contributed by atoms with Gasteiger partial charge < -0.3 is 9.47 Å². The van der Waals surface area contributed by atoms with E-state index in [9.17, 15) is 0 Å². The molecule has 0 bridgehead atoms. The molecule has 1 aliphatic carbocycles. The first-order valence-electron chi connectivity index (χ1n) is 10.5. The highest BCUT2D eigenvalue weighted by molar-refractivity contribution is 5.43. The molecule has 0 N–H and O–H groups in total. The summed E-state index contributed by atoms with van der Waals surface area (Å²) in [6.07, 6.45) is 1.80. The molecule has 30 heavy (non-hydrogen) atoms. The number of benzene rings is 1. The van der Waals surface area contributed by atoms with Gasteiger partial charge >= 0.3 is 0 Å². The minimum Gasteiger partial charge on any atom is -0.493 e. The average Bonchev–Trinajstić information content (AvgIpc) is 3.37. The van der Waals surface area contributed by atoms with Crippen molar-refractivity contribution in [1.82, 2.24) is 24.7 Å². The molecule has 1 fully saturated rings. The topological polar surface area (TPSA) is 75.0 Å². The lowest BCUT2D eigenvalue weighted by Gasteiger charge is -2.11. The fourth-order valence-electron chi connectivity index (χ4n) is 3.54. The second-order valence-electron chi connectivity index (χ2n) is 7.37. The Morgan fingerprint density at radius 1 is 0.967 bits per heavy atom. The highest BCUT2D eigenvalue weighted by Crippen LogP contribution is 2.46. The van der Waals surface area contributed by atoms with Gasteiger partial charge in [0.15, 0.2) is 17.3 Å². The Morgan fingerprint density at radius 2 is 1.67 bits per heavy atom. The van der Waals surface area contributed by atoms with Crippen LogP contribution in [0.2, 0.25) is 0 Å². The normalized spacial score (nSPS) is 17.2. The molecule has 2 unspecified atom stereocenters. The molecule has 0 aliphatic heterocycles. The van der Waals surface area contributed by atoms with Gasteiger partial charge in [-0.3, -0.25) is 0 Å². The van der Waals surface area contributed by atoms with Crippen LogP contribution in [0.4, 0.5) is 0 Å². The first kappa shape index (κ1) is 21.7. The van der Waals surface area contributed by atoms with E-state index in [4.69, 9.17) is 9.47 Å². The van der Waals surface area contributed by atoms with Crippen molar-refractivity contribution < 1.29 is 9.47 Å². The standard InChI is InChI=1S/C21H25N5O2.C2H6/c1-12-8-16(12)17-11-21(23-13(2)22-17)26-20(24-14(3)25-26)10-15-6-7-18(27-4)19(9-15)28-5;1-2/h6-7,9,11-12,16H,8,10H2,1-5H3;1-2H3. The van der Waals surface area contributed by atoms with Gasteiger partial charge in [-0.25, -0.2) is 15.0 Å². The maximum atomic E-state index is 5.42. The molecule has 2 heterocycles. The minimum absolute atomic E-state index is 0.527. The van der Waals surface area contributed by atoms with Crippen LogP contribution in [0, 0.1) is 19.8 Å². The van der Waals surface area contributed by atoms with E-state index in [1.54, 1.807) is 14.2 Å². The number of ether oxygens (including phenoxy) is 2. The van der Waals surface area contributed by atoms with E-state index < -0.39 is 0 Å². The zero-order valence-electron chi connectivity index (χ0n) is 18.9. The van der Waals surface area contributed by atoms with Gasteiger partial charge in [0.05, 0.1) is 14.2 Å². The molecule has 0 radical (unpaired) electrons. The van der Waals surface area contributed by atoms with Gasteiger partial charge in [0.25, 0.3) is 0 Å². The molecule has 4 rings (SSSR count). The van der Waals surface area contributed by atoms with Crippen molar-refractivity contribution in [2.45, 2.75) is 53.4 Å². The first-order chi connectivity index (χ1) is 14.5. The smallest absolute Gasteiger partial charge is 0.161 e. The number of nitrogens with zero attached hydrogens (tertiary/aromatic N) is 5. The Balaban J connectivity index is 0.00000124. The third-order valence-electron chi connectivity index (χ3n) is 5.14. The van der Waals surface area contributed by atoms with Crippen LogP contribution < -0.4 is 9.47 Å². The molecule has 1 aliphatic rings. The predicted octanol–water partition coefficient (Wildman–Crippen LogP) is 4.43. The quantitative estimate of drug-likeness (QED) is 0.599. The van der Waals surface area contributed by atoms with Gasteiger partial charge in [0, 0.05) is 24.1 Å². The number of hydrogen-bond donors (Lipinski definition) is 0. The van der Waals surface area contributed by atoms with Gasteiger partial charge in [0.1, 0.15) is 17.5 Å². The second kappa shape index (κ2) is 9.24. The van der Waals surface area contributed by atoms with Gasteiger partial charge in [-0.2, -0.15) is 4.68 Å². The van der Waals surface area contributed by atoms with E-state index in [0.717, 1.165) is 28.7 Å². The van der Waals surface area contributed by atoms with Crippen LogP contribution in [-0.4, -0.2) is 39.0 Å². The lowest BCUT2D eigenvalue weighted by Crippen LogP contribution is -2.09. The summed E-state index contributed by atoms with van der Waals surface area (Å²) >= 11 is 0. The Hall–Kier alpha value is -2.96. The van der Waals surface area contributed by atoms with E-state index in [-0.39, 0.29) is 0 Å². The Bertz CT molecular complexity index is 1010. The van der Waals surface area contributed by atoms with Crippen LogP contribution in [0.15, 0.2) is 24.3 Å². The van der Waals surface area contributed by atoms with E-state index in [1.807, 2.05) is 56.6 Å². The van der Waals surface area contributed by atoms with Crippen LogP contribution in [-0.2, 0) is 6.42 Å². The molecule has 2 aromatic heterocycles. The molecule has 2 atom stereocenters. The largest absolute Gasteiger partial charge is 0.493 e. The highest BCUT2D eigenvalue weighted by atomic mass is 16.5. The van der Waals surface area contributed by atoms with Gasteiger partial charge in [-0.15, -0.1) is 5.10 Å². The van der Waals surface area contributed by atoms with Crippen LogP contribution >= 0.6 is 0 Å². The monoisotopic (exact) mass is 409 g/mol. The van der Waals surface area contributed by atoms with Gasteiger partial charge in [-0.05, 0) is 43.9 Å². The molecule has 3 aromatic rings. The van der Waals surface area contributed by atoms with E-state index >= 15 is 0 Å². The van der Waals surface area contributed by atoms with Gasteiger partial charge in [0.2, 0.25) is 0 Å². The fourth-order valence-corrected chi connectivity index (χ4v) is 3.54. The summed E-state index contributed by atoms with van der Waals surface area (Å²) in [5.41, 5.74) is 2.16. The summed E-state index contributed by atoms with van der Waals surface area (Å²) in [6, 6.07) is 7.94. The number of aromatic nitrogens is 5. The van der Waals surface area contributed by atoms with Crippen LogP contribution in [0.1, 0.15) is 61.8 Å². The predicted molar refractivity (Wildman–Crippen MR) is 117 cm³/mol. The van der Waals surface area contributed by atoms with Crippen LogP contribution in [0.3, 0.4) is 0 Å². The van der Waals surface area contributed by atoms with Crippen molar-refractivity contribution in [2.24, 2.45) is 5.92 Å². The first-order valence-corrected chi connectivity index (χ1v) is 10.5. The summed E-state index contributed by atoms with van der Waals surface area (Å²) in [7, 11) is 3.27. The third kappa shape index (κ3) is 4.61. The fraction of sp³-hybridized carbons (Fsp3) is 0.478. The lowest BCUT2D eigenvalue weighted by atomic mass is 10.1. The second-order valence-corrected chi connectivity index (χ2v) is 7.37. The van der Waals surface area contributed by atoms with Crippen molar-refractivity contribution in [1.29, 1.82) is 0 Å². The minimum atomic E-state index is 0.527. The van der Waals surface area contributed by atoms with Crippen molar-refractivity contribution in [3.63, 3.8) is 0 Å². The number of aryl methyl sites for hydroxylation is 2. The third-order valence-corrected chi connectivity index (χ3v) is 5.14. The molecule has 0 saturated heterocycles. The molecule has 1 saturated carbocycles. The summed E-state index contributed by atoms with van der Waals surface area (Å²) in [5, 5.41) is 4.59. The number of hydrogen-bond acceptors (Lipinski definition) is 6. The number of methoxy groups -OCH3 is 2. The van der Waals surface area contributed by atoms with Crippen molar-refractivity contribution in [3.8, 4) is 17.3 Å². The maximum absolute atomic E-state index is 5.42. The molecule has 7 heteroatoms. The SMILES string of the molecule is CC.COc1ccc(Cc2nc(C)nn2-c2cc(C3CC3C)nc(C)n2)cc1OC. The lowest BCUT2D eigenvalue weighted by molar-refractivity contribution is 0.354. The molecule has 0 spiro atoms. The Kier molecular flexibility index (Phi) is 6.70. The Labute approximate surface area is 178 Å². The zero-order chi connectivity index (χ0) is 21.8. The van der Waals surface area contributed by atoms with Crippen LogP contribution in [0.5, 0.6) is 11.5 Å². The summed E-state index contributed by atoms with van der Waals surface area (Å²) in [4.78, 5) is 13.9. The summed E-state index contributed by atoms with van der Waals surface area (Å²) in [6.45, 7) is 10.1. The van der Waals surface area contributed by atoms with E-state index in [1.165, 1.54) is 6.42 Å². The molecule has 160 valence electrons.